The minimum absolute atomic E-state index is 0.138. The summed E-state index contributed by atoms with van der Waals surface area (Å²) in [4.78, 5) is 0. The van der Waals surface area contributed by atoms with Crippen LogP contribution in [0, 0.1) is 0 Å². The molecule has 104 valence electrons. The lowest BCUT2D eigenvalue weighted by Crippen LogP contribution is -2.37. The van der Waals surface area contributed by atoms with E-state index in [0.717, 1.165) is 12.8 Å². The van der Waals surface area contributed by atoms with Crippen molar-refractivity contribution >= 4 is 0 Å². The number of fused-ring (bicyclic) bond motifs is 2. The van der Waals surface area contributed by atoms with Gasteiger partial charge in [-0.3, -0.25) is 0 Å². The van der Waals surface area contributed by atoms with Crippen LogP contribution in [-0.4, -0.2) is 17.8 Å². The van der Waals surface area contributed by atoms with E-state index in [1.165, 1.54) is 22.3 Å². The summed E-state index contributed by atoms with van der Waals surface area (Å²) in [5.41, 5.74) is 5.46. The first kappa shape index (κ1) is 13.3. The minimum atomic E-state index is 0.138. The first-order valence-electron chi connectivity index (χ1n) is 7.36. The van der Waals surface area contributed by atoms with E-state index in [0.29, 0.717) is 0 Å². The van der Waals surface area contributed by atoms with Crippen LogP contribution in [0.25, 0.3) is 0 Å². The average molecular weight is 267 g/mol. The summed E-state index contributed by atoms with van der Waals surface area (Å²) in [6, 6.07) is 17.6. The molecule has 1 atom stereocenters. The lowest BCUT2D eigenvalue weighted by molar-refractivity contribution is 0.232. The molecule has 2 N–H and O–H groups in total. The van der Waals surface area contributed by atoms with Gasteiger partial charge in [0.05, 0.1) is 12.6 Å². The van der Waals surface area contributed by atoms with Gasteiger partial charge < -0.3 is 10.4 Å². The third kappa shape index (κ3) is 2.37. The molecular weight excluding hydrogens is 246 g/mol. The Bertz CT molecular complexity index is 544. The molecule has 1 unspecified atom stereocenters. The largest absolute Gasteiger partial charge is 0.395 e. The topological polar surface area (TPSA) is 32.3 Å². The first-order valence-corrected chi connectivity index (χ1v) is 7.36. The van der Waals surface area contributed by atoms with Crippen LogP contribution in [0.4, 0.5) is 0 Å². The van der Waals surface area contributed by atoms with E-state index in [9.17, 15) is 5.11 Å². The molecule has 20 heavy (non-hydrogen) atoms. The van der Waals surface area contributed by atoms with Gasteiger partial charge in [-0.05, 0) is 35.1 Å². The third-order valence-corrected chi connectivity index (χ3v) is 4.23. The molecule has 0 heterocycles. The van der Waals surface area contributed by atoms with Crippen LogP contribution < -0.4 is 5.32 Å². The number of aliphatic hydroxyl groups excluding tert-OH is 1. The quantitative estimate of drug-likeness (QED) is 0.892. The zero-order valence-electron chi connectivity index (χ0n) is 11.8. The Hall–Kier alpha value is -1.64. The normalized spacial score (nSPS) is 15.5. The van der Waals surface area contributed by atoms with Crippen molar-refractivity contribution in [1.29, 1.82) is 0 Å². The van der Waals surface area contributed by atoms with E-state index in [-0.39, 0.29) is 18.7 Å². The molecule has 2 aromatic carbocycles. The van der Waals surface area contributed by atoms with Crippen LogP contribution in [0.1, 0.15) is 41.6 Å². The van der Waals surface area contributed by atoms with Crippen molar-refractivity contribution in [3.05, 3.63) is 70.8 Å². The lowest BCUT2D eigenvalue weighted by atomic mass is 9.82. The zero-order valence-corrected chi connectivity index (χ0v) is 11.8. The van der Waals surface area contributed by atoms with Crippen molar-refractivity contribution in [1.82, 2.24) is 5.32 Å². The van der Waals surface area contributed by atoms with Crippen LogP contribution in [0.15, 0.2) is 48.5 Å². The molecule has 0 aliphatic heterocycles. The van der Waals surface area contributed by atoms with Crippen molar-refractivity contribution in [2.45, 2.75) is 31.8 Å². The molecular formula is C18H21NO. The van der Waals surface area contributed by atoms with Crippen LogP contribution in [0.3, 0.4) is 0 Å². The predicted molar refractivity (Wildman–Crippen MR) is 81.8 cm³/mol. The number of nitrogens with one attached hydrogen (secondary N) is 1. The van der Waals surface area contributed by atoms with Crippen LogP contribution >= 0.6 is 0 Å². The third-order valence-electron chi connectivity index (χ3n) is 4.23. The summed E-state index contributed by atoms with van der Waals surface area (Å²) in [6.45, 7) is 2.28. The number of hydrogen-bond donors (Lipinski definition) is 2. The van der Waals surface area contributed by atoms with Crippen molar-refractivity contribution < 1.29 is 5.11 Å². The Kier molecular flexibility index (Phi) is 3.86. The van der Waals surface area contributed by atoms with Gasteiger partial charge in [-0.2, -0.15) is 0 Å². The van der Waals surface area contributed by atoms with Gasteiger partial charge in [0.25, 0.3) is 0 Å². The molecule has 0 saturated carbocycles. The second-order valence-electron chi connectivity index (χ2n) is 5.46. The standard InChI is InChI=1S/C18H21NO/c1-2-15(12-20)19-18-16-9-5-3-7-13(16)11-14-8-4-6-10-17(14)18/h3-10,15,18-20H,2,11-12H2,1H3. The van der Waals surface area contributed by atoms with Gasteiger partial charge in [-0.15, -0.1) is 0 Å². The first-order chi connectivity index (χ1) is 9.83. The summed E-state index contributed by atoms with van der Waals surface area (Å²) >= 11 is 0. The molecule has 0 amide bonds. The Labute approximate surface area is 120 Å². The Morgan fingerprint density at radius 1 is 1.05 bits per heavy atom. The average Bonchev–Trinajstić information content (AvgIpc) is 2.51. The molecule has 0 aromatic heterocycles. The number of aliphatic hydroxyl groups is 1. The fraction of sp³-hybridized carbons (Fsp3) is 0.333. The maximum atomic E-state index is 9.49. The molecule has 2 heteroatoms. The highest BCUT2D eigenvalue weighted by Crippen LogP contribution is 2.35. The highest BCUT2D eigenvalue weighted by molar-refractivity contribution is 5.48. The number of benzene rings is 2. The Morgan fingerprint density at radius 3 is 2.10 bits per heavy atom. The molecule has 0 fully saturated rings. The molecule has 1 aliphatic carbocycles. The van der Waals surface area contributed by atoms with Crippen molar-refractivity contribution in [2.24, 2.45) is 0 Å². The minimum Gasteiger partial charge on any atom is -0.395 e. The van der Waals surface area contributed by atoms with Crippen molar-refractivity contribution in [2.75, 3.05) is 6.61 Å². The number of hydrogen-bond acceptors (Lipinski definition) is 2. The molecule has 3 rings (SSSR count). The molecule has 0 saturated heterocycles. The maximum absolute atomic E-state index is 9.49. The Balaban J connectivity index is 2.03. The van der Waals surface area contributed by atoms with Crippen LogP contribution in [-0.2, 0) is 6.42 Å². The van der Waals surface area contributed by atoms with Crippen molar-refractivity contribution in [3.8, 4) is 0 Å². The molecule has 0 bridgehead atoms. The fourth-order valence-electron chi connectivity index (χ4n) is 3.04. The summed E-state index contributed by atoms with van der Waals surface area (Å²) in [5, 5.41) is 13.1. The summed E-state index contributed by atoms with van der Waals surface area (Å²) in [5.74, 6) is 0. The summed E-state index contributed by atoms with van der Waals surface area (Å²) in [6.07, 6.45) is 1.93. The van der Waals surface area contributed by atoms with E-state index in [2.05, 4.69) is 60.8 Å². The highest BCUT2D eigenvalue weighted by Gasteiger charge is 2.26. The van der Waals surface area contributed by atoms with E-state index in [4.69, 9.17) is 0 Å². The van der Waals surface area contributed by atoms with Gasteiger partial charge in [0.15, 0.2) is 0 Å². The fourth-order valence-corrected chi connectivity index (χ4v) is 3.04. The van der Waals surface area contributed by atoms with Crippen LogP contribution in [0.5, 0.6) is 0 Å². The molecule has 2 aromatic rings. The van der Waals surface area contributed by atoms with E-state index in [1.54, 1.807) is 0 Å². The van der Waals surface area contributed by atoms with Gasteiger partial charge in [0, 0.05) is 6.04 Å². The molecule has 0 spiro atoms. The monoisotopic (exact) mass is 267 g/mol. The van der Waals surface area contributed by atoms with Crippen molar-refractivity contribution in [3.63, 3.8) is 0 Å². The predicted octanol–water partition coefficient (Wildman–Crippen LogP) is 3.04. The van der Waals surface area contributed by atoms with Gasteiger partial charge >= 0.3 is 0 Å². The maximum Gasteiger partial charge on any atom is 0.0585 e. The second-order valence-corrected chi connectivity index (χ2v) is 5.46. The zero-order chi connectivity index (χ0) is 13.9. The second kappa shape index (κ2) is 5.78. The molecule has 1 aliphatic rings. The molecule has 0 radical (unpaired) electrons. The lowest BCUT2D eigenvalue weighted by Gasteiger charge is -2.32. The van der Waals surface area contributed by atoms with E-state index < -0.39 is 0 Å². The van der Waals surface area contributed by atoms with Crippen LogP contribution in [0.2, 0.25) is 0 Å². The summed E-state index contributed by atoms with van der Waals surface area (Å²) < 4.78 is 0. The molecule has 2 nitrogen and oxygen atoms in total. The van der Waals surface area contributed by atoms with Gasteiger partial charge in [0.1, 0.15) is 0 Å². The summed E-state index contributed by atoms with van der Waals surface area (Å²) in [7, 11) is 0. The van der Waals surface area contributed by atoms with Gasteiger partial charge in [0.2, 0.25) is 0 Å². The SMILES string of the molecule is CCC(CO)NC1c2ccccc2Cc2ccccc21. The van der Waals surface area contributed by atoms with E-state index in [1.807, 2.05) is 0 Å². The van der Waals surface area contributed by atoms with Gasteiger partial charge in [-0.1, -0.05) is 55.5 Å². The number of rotatable bonds is 4. The van der Waals surface area contributed by atoms with Gasteiger partial charge in [-0.25, -0.2) is 0 Å². The highest BCUT2D eigenvalue weighted by atomic mass is 16.3. The smallest absolute Gasteiger partial charge is 0.0585 e. The Morgan fingerprint density at radius 2 is 1.60 bits per heavy atom. The van der Waals surface area contributed by atoms with E-state index >= 15 is 0 Å².